The van der Waals surface area contributed by atoms with Gasteiger partial charge in [-0.3, -0.25) is 4.90 Å². The van der Waals surface area contributed by atoms with E-state index in [4.69, 9.17) is 4.52 Å². The third-order valence-corrected chi connectivity index (χ3v) is 3.19. The van der Waals surface area contributed by atoms with E-state index >= 15 is 0 Å². The molecule has 1 aliphatic rings. The SMILES string of the molecule is CC(C)C1CN(Cc2ccno2)CCCN1. The second-order valence-corrected chi connectivity index (χ2v) is 4.87. The number of hydrogen-bond acceptors (Lipinski definition) is 4. The van der Waals surface area contributed by atoms with Crippen LogP contribution in [0.1, 0.15) is 26.0 Å². The Bertz CT molecular complexity index is 297. The average Bonchev–Trinajstić information content (AvgIpc) is 2.62. The van der Waals surface area contributed by atoms with Gasteiger partial charge in [-0.1, -0.05) is 19.0 Å². The molecule has 1 aromatic heterocycles. The van der Waals surface area contributed by atoms with Crippen molar-refractivity contribution < 1.29 is 4.52 Å². The molecule has 1 unspecified atom stereocenters. The van der Waals surface area contributed by atoms with Crippen molar-refractivity contribution in [2.45, 2.75) is 32.9 Å². The smallest absolute Gasteiger partial charge is 0.150 e. The van der Waals surface area contributed by atoms with Gasteiger partial charge in [-0.15, -0.1) is 0 Å². The van der Waals surface area contributed by atoms with Crippen molar-refractivity contribution in [3.05, 3.63) is 18.0 Å². The molecule has 0 aliphatic carbocycles. The molecule has 0 bridgehead atoms. The molecule has 0 amide bonds. The summed E-state index contributed by atoms with van der Waals surface area (Å²) in [7, 11) is 0. The summed E-state index contributed by atoms with van der Waals surface area (Å²) in [5, 5.41) is 7.35. The molecule has 4 nitrogen and oxygen atoms in total. The Morgan fingerprint density at radius 1 is 1.62 bits per heavy atom. The molecule has 4 heteroatoms. The van der Waals surface area contributed by atoms with Crippen LogP contribution in [0.3, 0.4) is 0 Å². The maximum atomic E-state index is 5.16. The van der Waals surface area contributed by atoms with Crippen molar-refractivity contribution in [1.29, 1.82) is 0 Å². The van der Waals surface area contributed by atoms with E-state index in [0.29, 0.717) is 12.0 Å². The Kier molecular flexibility index (Phi) is 3.96. The Hall–Kier alpha value is -0.870. The zero-order valence-corrected chi connectivity index (χ0v) is 10.1. The summed E-state index contributed by atoms with van der Waals surface area (Å²) in [6.45, 7) is 8.78. The van der Waals surface area contributed by atoms with Crippen LogP contribution >= 0.6 is 0 Å². The Morgan fingerprint density at radius 2 is 2.50 bits per heavy atom. The van der Waals surface area contributed by atoms with Gasteiger partial charge in [0.05, 0.1) is 12.7 Å². The fraction of sp³-hybridized carbons (Fsp3) is 0.750. The molecule has 1 atom stereocenters. The third-order valence-electron chi connectivity index (χ3n) is 3.19. The molecule has 1 saturated heterocycles. The molecule has 90 valence electrons. The molecule has 1 aromatic rings. The largest absolute Gasteiger partial charge is 0.360 e. The van der Waals surface area contributed by atoms with Gasteiger partial charge in [-0.05, 0) is 25.4 Å². The highest BCUT2D eigenvalue weighted by molar-refractivity contribution is 4.93. The van der Waals surface area contributed by atoms with Gasteiger partial charge in [0.1, 0.15) is 0 Å². The number of hydrogen-bond donors (Lipinski definition) is 1. The molecule has 1 fully saturated rings. The molecule has 0 radical (unpaired) electrons. The topological polar surface area (TPSA) is 41.3 Å². The summed E-state index contributed by atoms with van der Waals surface area (Å²) in [6.07, 6.45) is 2.92. The van der Waals surface area contributed by atoms with E-state index in [0.717, 1.165) is 31.9 Å². The van der Waals surface area contributed by atoms with Crippen LogP contribution in [-0.2, 0) is 6.54 Å². The molecule has 0 spiro atoms. The van der Waals surface area contributed by atoms with Gasteiger partial charge in [0.25, 0.3) is 0 Å². The van der Waals surface area contributed by atoms with E-state index in [1.54, 1.807) is 6.20 Å². The first kappa shape index (κ1) is 11.6. The molecule has 16 heavy (non-hydrogen) atoms. The first-order valence-electron chi connectivity index (χ1n) is 6.11. The van der Waals surface area contributed by atoms with Crippen LogP contribution < -0.4 is 5.32 Å². The van der Waals surface area contributed by atoms with Crippen molar-refractivity contribution in [2.75, 3.05) is 19.6 Å². The molecule has 2 heterocycles. The number of nitrogens with zero attached hydrogens (tertiary/aromatic N) is 2. The van der Waals surface area contributed by atoms with Crippen molar-refractivity contribution in [3.8, 4) is 0 Å². The molecule has 0 aromatic carbocycles. The molecule has 2 rings (SSSR count). The third kappa shape index (κ3) is 3.06. The van der Waals surface area contributed by atoms with Crippen molar-refractivity contribution >= 4 is 0 Å². The van der Waals surface area contributed by atoms with Gasteiger partial charge in [0.2, 0.25) is 0 Å². The lowest BCUT2D eigenvalue weighted by molar-refractivity contribution is 0.213. The predicted molar refractivity (Wildman–Crippen MR) is 63.0 cm³/mol. The quantitative estimate of drug-likeness (QED) is 0.843. The average molecular weight is 223 g/mol. The summed E-state index contributed by atoms with van der Waals surface area (Å²) in [5.74, 6) is 1.64. The van der Waals surface area contributed by atoms with E-state index < -0.39 is 0 Å². The standard InChI is InChI=1S/C12H21N3O/c1-10(2)12-9-15(7-3-5-13-12)8-11-4-6-14-16-11/h4,6,10,12-13H,3,5,7-9H2,1-2H3. The second kappa shape index (κ2) is 5.46. The van der Waals surface area contributed by atoms with Gasteiger partial charge >= 0.3 is 0 Å². The minimum atomic E-state index is 0.588. The van der Waals surface area contributed by atoms with Gasteiger partial charge in [-0.25, -0.2) is 0 Å². The minimum Gasteiger partial charge on any atom is -0.360 e. The number of nitrogens with one attached hydrogen (secondary N) is 1. The summed E-state index contributed by atoms with van der Waals surface area (Å²) >= 11 is 0. The zero-order chi connectivity index (χ0) is 11.4. The van der Waals surface area contributed by atoms with E-state index in [1.165, 1.54) is 6.42 Å². The van der Waals surface area contributed by atoms with E-state index in [2.05, 4.69) is 29.2 Å². The Labute approximate surface area is 97.0 Å². The molecular formula is C12H21N3O. The second-order valence-electron chi connectivity index (χ2n) is 4.87. The molecule has 1 aliphatic heterocycles. The summed E-state index contributed by atoms with van der Waals surface area (Å²) < 4.78 is 5.16. The normalized spacial score (nSPS) is 23.6. The van der Waals surface area contributed by atoms with Gasteiger partial charge in [-0.2, -0.15) is 0 Å². The van der Waals surface area contributed by atoms with Gasteiger partial charge in [0.15, 0.2) is 5.76 Å². The fourth-order valence-electron chi connectivity index (χ4n) is 2.16. The van der Waals surface area contributed by atoms with Crippen LogP contribution in [0.2, 0.25) is 0 Å². The first-order chi connectivity index (χ1) is 7.75. The summed E-state index contributed by atoms with van der Waals surface area (Å²) in [5.41, 5.74) is 0. The maximum absolute atomic E-state index is 5.16. The summed E-state index contributed by atoms with van der Waals surface area (Å²) in [4.78, 5) is 2.45. The highest BCUT2D eigenvalue weighted by atomic mass is 16.5. The summed E-state index contributed by atoms with van der Waals surface area (Å²) in [6, 6.07) is 2.54. The van der Waals surface area contributed by atoms with E-state index in [1.807, 2.05) is 6.07 Å². The number of aromatic nitrogens is 1. The van der Waals surface area contributed by atoms with Crippen molar-refractivity contribution in [1.82, 2.24) is 15.4 Å². The lowest BCUT2D eigenvalue weighted by Gasteiger charge is -2.25. The van der Waals surface area contributed by atoms with Crippen molar-refractivity contribution in [2.24, 2.45) is 5.92 Å². The van der Waals surface area contributed by atoms with Crippen LogP contribution in [0.4, 0.5) is 0 Å². The fourth-order valence-corrected chi connectivity index (χ4v) is 2.16. The van der Waals surface area contributed by atoms with Crippen molar-refractivity contribution in [3.63, 3.8) is 0 Å². The zero-order valence-electron chi connectivity index (χ0n) is 10.1. The van der Waals surface area contributed by atoms with Crippen LogP contribution in [0, 0.1) is 5.92 Å². The van der Waals surface area contributed by atoms with Crippen LogP contribution in [0.15, 0.2) is 16.8 Å². The molecule has 0 saturated carbocycles. The van der Waals surface area contributed by atoms with Gasteiger partial charge < -0.3 is 9.84 Å². The highest BCUT2D eigenvalue weighted by Crippen LogP contribution is 2.11. The van der Waals surface area contributed by atoms with Crippen LogP contribution in [0.5, 0.6) is 0 Å². The number of rotatable bonds is 3. The van der Waals surface area contributed by atoms with E-state index in [9.17, 15) is 0 Å². The lowest BCUT2D eigenvalue weighted by Crippen LogP contribution is -2.40. The van der Waals surface area contributed by atoms with Gasteiger partial charge in [0, 0.05) is 18.7 Å². The Balaban J connectivity index is 1.92. The molecular weight excluding hydrogens is 202 g/mol. The van der Waals surface area contributed by atoms with Crippen LogP contribution in [0.25, 0.3) is 0 Å². The lowest BCUT2D eigenvalue weighted by atomic mass is 10.0. The maximum Gasteiger partial charge on any atom is 0.150 e. The monoisotopic (exact) mass is 223 g/mol. The van der Waals surface area contributed by atoms with Crippen LogP contribution in [-0.4, -0.2) is 35.7 Å². The Morgan fingerprint density at radius 3 is 3.19 bits per heavy atom. The highest BCUT2D eigenvalue weighted by Gasteiger charge is 2.20. The minimum absolute atomic E-state index is 0.588. The molecule has 1 N–H and O–H groups in total. The first-order valence-corrected chi connectivity index (χ1v) is 6.11. The van der Waals surface area contributed by atoms with E-state index in [-0.39, 0.29) is 0 Å². The predicted octanol–water partition coefficient (Wildman–Crippen LogP) is 1.49.